The van der Waals surface area contributed by atoms with Gasteiger partial charge >= 0.3 is 0 Å². The molecule has 0 amide bonds. The van der Waals surface area contributed by atoms with E-state index in [1.807, 2.05) is 44.3 Å². The maximum absolute atomic E-state index is 12.8. The highest BCUT2D eigenvalue weighted by Crippen LogP contribution is 2.40. The average molecular weight is 455 g/mol. The molecule has 0 fully saturated rings. The second-order valence-electron chi connectivity index (χ2n) is 8.54. The van der Waals surface area contributed by atoms with Crippen molar-refractivity contribution in [2.45, 2.75) is 52.1 Å². The molecule has 2 aromatic rings. The highest BCUT2D eigenvalue weighted by molar-refractivity contribution is 5.39. The molecule has 0 radical (unpaired) electrons. The predicted molar refractivity (Wildman–Crippen MR) is 125 cm³/mol. The van der Waals surface area contributed by atoms with Gasteiger partial charge in [0.25, 0.3) is 0 Å². The summed E-state index contributed by atoms with van der Waals surface area (Å²) in [6, 6.07) is 17.7. The van der Waals surface area contributed by atoms with E-state index in [1.54, 1.807) is 17.2 Å². The quantitative estimate of drug-likeness (QED) is 0.620. The number of rotatable bonds is 7. The van der Waals surface area contributed by atoms with Gasteiger partial charge in [-0.1, -0.05) is 68.1 Å². The molecular weight excluding hydrogens is 422 g/mol. The molecule has 0 saturated carbocycles. The topological polar surface area (TPSA) is 31.0 Å². The van der Waals surface area contributed by atoms with E-state index >= 15 is 0 Å². The first-order valence-electron chi connectivity index (χ1n) is 11.4. The summed E-state index contributed by atoms with van der Waals surface area (Å²) in [7, 11) is 1.90. The number of hydroxylamine groups is 2. The van der Waals surface area contributed by atoms with Crippen LogP contribution in [0.1, 0.15) is 43.1 Å². The van der Waals surface area contributed by atoms with E-state index in [-0.39, 0.29) is 18.8 Å². The van der Waals surface area contributed by atoms with Crippen LogP contribution in [0.15, 0.2) is 78.4 Å². The molecule has 0 saturated heterocycles. The van der Waals surface area contributed by atoms with E-state index in [9.17, 15) is 8.78 Å². The fourth-order valence-electron chi connectivity index (χ4n) is 4.56. The number of alkyl halides is 2. The number of hydrogen-bond acceptors (Lipinski definition) is 5. The van der Waals surface area contributed by atoms with Gasteiger partial charge in [0.2, 0.25) is 6.43 Å². The van der Waals surface area contributed by atoms with Crippen LogP contribution >= 0.6 is 0 Å². The zero-order chi connectivity index (χ0) is 23.5. The summed E-state index contributed by atoms with van der Waals surface area (Å²) < 4.78 is 25.6. The Morgan fingerprint density at radius 3 is 2.36 bits per heavy atom. The molecule has 2 aromatic carbocycles. The van der Waals surface area contributed by atoms with Crippen LogP contribution in [0.4, 0.5) is 8.78 Å². The van der Waals surface area contributed by atoms with Crippen molar-refractivity contribution < 1.29 is 13.6 Å². The molecule has 0 spiro atoms. The number of benzene rings is 2. The van der Waals surface area contributed by atoms with Gasteiger partial charge < -0.3 is 15.1 Å². The molecule has 7 heteroatoms. The zero-order valence-corrected chi connectivity index (χ0v) is 19.5. The van der Waals surface area contributed by atoms with Gasteiger partial charge in [-0.2, -0.15) is 0 Å². The van der Waals surface area contributed by atoms with Crippen LogP contribution in [0.3, 0.4) is 0 Å². The maximum Gasteiger partial charge on any atom is 0.242 e. The van der Waals surface area contributed by atoms with Crippen molar-refractivity contribution >= 4 is 0 Å². The number of halogens is 2. The van der Waals surface area contributed by atoms with Crippen molar-refractivity contribution in [1.82, 2.24) is 20.2 Å². The first kappa shape index (κ1) is 23.1. The van der Waals surface area contributed by atoms with E-state index in [0.717, 1.165) is 35.7 Å². The van der Waals surface area contributed by atoms with Crippen molar-refractivity contribution in [3.63, 3.8) is 0 Å². The third-order valence-electron chi connectivity index (χ3n) is 6.13. The Kier molecular flexibility index (Phi) is 6.88. The number of hydrogen-bond donors (Lipinski definition) is 1. The molecule has 5 nitrogen and oxygen atoms in total. The summed E-state index contributed by atoms with van der Waals surface area (Å²) in [6.45, 7) is 10.1. The minimum absolute atomic E-state index is 0.152. The second-order valence-corrected chi connectivity index (χ2v) is 8.54. The summed E-state index contributed by atoms with van der Waals surface area (Å²) in [6.07, 6.45) is -1.96. The molecule has 2 atom stereocenters. The van der Waals surface area contributed by atoms with Crippen LogP contribution in [-0.4, -0.2) is 41.1 Å². The Balaban J connectivity index is 1.72. The Hall–Kier alpha value is -3.06. The van der Waals surface area contributed by atoms with Gasteiger partial charge in [-0.3, -0.25) is 0 Å². The lowest BCUT2D eigenvalue weighted by Crippen LogP contribution is -2.40. The lowest BCUT2D eigenvalue weighted by Gasteiger charge is -2.36. The summed E-state index contributed by atoms with van der Waals surface area (Å²) in [4.78, 5) is 10.6. The molecule has 2 heterocycles. The van der Waals surface area contributed by atoms with Crippen molar-refractivity contribution in [3.8, 4) is 0 Å². The molecule has 176 valence electrons. The number of nitrogens with zero attached hydrogens (tertiary/aromatic N) is 3. The van der Waals surface area contributed by atoms with Gasteiger partial charge in [-0.25, -0.2) is 18.7 Å². The maximum atomic E-state index is 12.8. The number of nitrogens with one attached hydrogen (secondary N) is 1. The van der Waals surface area contributed by atoms with E-state index in [1.165, 1.54) is 5.56 Å². The van der Waals surface area contributed by atoms with Gasteiger partial charge in [0.15, 0.2) is 12.0 Å². The van der Waals surface area contributed by atoms with Crippen LogP contribution in [0.25, 0.3) is 0 Å². The largest absolute Gasteiger partial charge is 0.344 e. The Morgan fingerprint density at radius 2 is 1.73 bits per heavy atom. The molecule has 0 bridgehead atoms. The summed E-state index contributed by atoms with van der Waals surface area (Å²) in [5.74, 6) is 0.850. The summed E-state index contributed by atoms with van der Waals surface area (Å²) >= 11 is 0. The molecule has 0 aromatic heterocycles. The third-order valence-corrected chi connectivity index (χ3v) is 6.13. The van der Waals surface area contributed by atoms with Crippen molar-refractivity contribution in [2.24, 2.45) is 0 Å². The van der Waals surface area contributed by atoms with Crippen molar-refractivity contribution in [3.05, 3.63) is 95.1 Å². The van der Waals surface area contributed by atoms with Crippen molar-refractivity contribution in [2.75, 3.05) is 13.6 Å². The lowest BCUT2D eigenvalue weighted by molar-refractivity contribution is -0.192. The van der Waals surface area contributed by atoms with Crippen molar-refractivity contribution in [1.29, 1.82) is 0 Å². The molecule has 2 unspecified atom stereocenters. The van der Waals surface area contributed by atoms with Gasteiger partial charge in [-0.15, -0.1) is 0 Å². The highest BCUT2D eigenvalue weighted by Gasteiger charge is 2.40. The van der Waals surface area contributed by atoms with Gasteiger partial charge in [0, 0.05) is 26.6 Å². The van der Waals surface area contributed by atoms with E-state index < -0.39 is 6.43 Å². The van der Waals surface area contributed by atoms with E-state index in [4.69, 9.17) is 4.84 Å². The minimum atomic E-state index is -2.35. The molecule has 1 N–H and O–H groups in total. The van der Waals surface area contributed by atoms with Crippen LogP contribution < -0.4 is 5.32 Å². The Labute approximate surface area is 194 Å². The summed E-state index contributed by atoms with van der Waals surface area (Å²) in [5, 5.41) is 5.40. The summed E-state index contributed by atoms with van der Waals surface area (Å²) in [5.41, 5.74) is 4.69. The Bertz CT molecular complexity index is 993. The Morgan fingerprint density at radius 1 is 1.03 bits per heavy atom. The predicted octanol–water partition coefficient (Wildman–Crippen LogP) is 5.22. The van der Waals surface area contributed by atoms with Gasteiger partial charge in [-0.05, 0) is 30.0 Å². The second kappa shape index (κ2) is 9.83. The smallest absolute Gasteiger partial charge is 0.242 e. The molecular formula is C26H32F2N4O. The minimum Gasteiger partial charge on any atom is -0.344 e. The third kappa shape index (κ3) is 4.83. The first-order valence-corrected chi connectivity index (χ1v) is 11.4. The lowest BCUT2D eigenvalue weighted by atomic mass is 10.1. The van der Waals surface area contributed by atoms with Crippen LogP contribution in [0.2, 0.25) is 0 Å². The zero-order valence-electron chi connectivity index (χ0n) is 19.5. The van der Waals surface area contributed by atoms with E-state index in [2.05, 4.69) is 40.8 Å². The monoisotopic (exact) mass is 454 g/mol. The van der Waals surface area contributed by atoms with Crippen LogP contribution in [0, 0.1) is 0 Å². The molecule has 0 aliphatic carbocycles. The SMILES string of the molecule is C=C1C2=C(NC(c3ccc(CC(F)F)cc3)N2Cc2ccccc2)N(C)OC(C)N1CCC. The van der Waals surface area contributed by atoms with Gasteiger partial charge in [0.05, 0.1) is 5.70 Å². The fraction of sp³-hybridized carbons (Fsp3) is 0.385. The standard InChI is InChI=1S/C26H32F2N4O/c1-5-15-31-18(2)24-26(30(4)33-19(31)3)29-25(32(24)17-21-9-7-6-8-10-21)22-13-11-20(12-14-22)16-23(27)28/h6-14,19,23,25,29H,2,5,15-17H2,1,3-4H3. The first-order chi connectivity index (χ1) is 15.9. The van der Waals surface area contributed by atoms with E-state index in [0.29, 0.717) is 12.1 Å². The molecule has 2 aliphatic rings. The highest BCUT2D eigenvalue weighted by atomic mass is 19.3. The fourth-order valence-corrected chi connectivity index (χ4v) is 4.56. The average Bonchev–Trinajstić information content (AvgIpc) is 3.13. The van der Waals surface area contributed by atoms with Crippen LogP contribution in [0.5, 0.6) is 0 Å². The molecule has 2 aliphatic heterocycles. The van der Waals surface area contributed by atoms with Crippen LogP contribution in [-0.2, 0) is 17.8 Å². The molecule has 33 heavy (non-hydrogen) atoms. The molecule has 4 rings (SSSR count). The normalized spacial score (nSPS) is 20.9. The van der Waals surface area contributed by atoms with Gasteiger partial charge in [0.1, 0.15) is 11.9 Å².